The largest absolute Gasteiger partial charge is 0.349 e. The fourth-order valence-electron chi connectivity index (χ4n) is 2.57. The lowest BCUT2D eigenvalue weighted by Gasteiger charge is -2.19. The quantitative estimate of drug-likeness (QED) is 0.692. The molecule has 2 N–H and O–H groups in total. The molecule has 1 unspecified atom stereocenters. The predicted octanol–water partition coefficient (Wildman–Crippen LogP) is 3.54. The highest BCUT2D eigenvalue weighted by molar-refractivity contribution is 5.95. The highest BCUT2D eigenvalue weighted by Gasteiger charge is 2.15. The van der Waals surface area contributed by atoms with Crippen LogP contribution in [-0.4, -0.2) is 25.5 Å². The lowest BCUT2D eigenvalue weighted by atomic mass is 10.0. The summed E-state index contributed by atoms with van der Waals surface area (Å²) in [5.74, 6) is 0.0799. The Labute approximate surface area is 129 Å². The van der Waals surface area contributed by atoms with E-state index in [1.54, 1.807) is 0 Å². The van der Waals surface area contributed by atoms with E-state index < -0.39 is 0 Å². The number of benzene rings is 1. The van der Waals surface area contributed by atoms with Crippen molar-refractivity contribution in [1.82, 2.24) is 10.6 Å². The molecule has 1 aromatic rings. The minimum Gasteiger partial charge on any atom is -0.349 e. The van der Waals surface area contributed by atoms with Crippen molar-refractivity contribution in [2.75, 3.05) is 13.6 Å². The van der Waals surface area contributed by atoms with Gasteiger partial charge in [-0.25, -0.2) is 0 Å². The number of nitrogens with one attached hydrogen (secondary N) is 2. The maximum Gasteiger partial charge on any atom is 0.251 e. The lowest BCUT2D eigenvalue weighted by Crippen LogP contribution is -2.35. The van der Waals surface area contributed by atoms with Gasteiger partial charge in [-0.05, 0) is 44.5 Å². The Kier molecular flexibility index (Phi) is 8.76. The van der Waals surface area contributed by atoms with E-state index >= 15 is 0 Å². The summed E-state index contributed by atoms with van der Waals surface area (Å²) in [5, 5.41) is 6.37. The Morgan fingerprint density at radius 3 is 2.57 bits per heavy atom. The molecule has 0 saturated heterocycles. The molecule has 0 radical (unpaired) electrons. The second-order valence-corrected chi connectivity index (χ2v) is 5.61. The average molecular weight is 290 g/mol. The number of carbonyl (C=O) groups is 1. The molecule has 0 heterocycles. The molecule has 0 bridgehead atoms. The highest BCUT2D eigenvalue weighted by Crippen LogP contribution is 2.12. The maximum absolute atomic E-state index is 12.5. The molecule has 21 heavy (non-hydrogen) atoms. The summed E-state index contributed by atoms with van der Waals surface area (Å²) in [4.78, 5) is 12.5. The Morgan fingerprint density at radius 2 is 1.90 bits per heavy atom. The van der Waals surface area contributed by atoms with Crippen LogP contribution in [0.1, 0.15) is 61.9 Å². The molecular weight excluding hydrogens is 260 g/mol. The van der Waals surface area contributed by atoms with Gasteiger partial charge in [-0.2, -0.15) is 0 Å². The van der Waals surface area contributed by atoms with E-state index in [-0.39, 0.29) is 5.91 Å². The fourth-order valence-corrected chi connectivity index (χ4v) is 2.57. The summed E-state index contributed by atoms with van der Waals surface area (Å²) < 4.78 is 0. The van der Waals surface area contributed by atoms with E-state index in [1.165, 1.54) is 12.8 Å². The third-order valence-electron chi connectivity index (χ3n) is 3.78. The van der Waals surface area contributed by atoms with Crippen molar-refractivity contribution in [1.29, 1.82) is 0 Å². The van der Waals surface area contributed by atoms with Crippen LogP contribution in [0.5, 0.6) is 0 Å². The topological polar surface area (TPSA) is 41.1 Å². The SMILES string of the molecule is CCCCC(CCC)NC(=O)c1ccccc1CCNC. The van der Waals surface area contributed by atoms with E-state index in [0.717, 1.165) is 43.4 Å². The molecule has 118 valence electrons. The third-order valence-corrected chi connectivity index (χ3v) is 3.78. The van der Waals surface area contributed by atoms with Crippen molar-refractivity contribution in [3.05, 3.63) is 35.4 Å². The van der Waals surface area contributed by atoms with Crippen molar-refractivity contribution >= 4 is 5.91 Å². The number of hydrogen-bond acceptors (Lipinski definition) is 2. The minimum atomic E-state index is 0.0799. The van der Waals surface area contributed by atoms with Gasteiger partial charge in [-0.1, -0.05) is 51.3 Å². The van der Waals surface area contributed by atoms with Crippen LogP contribution in [0.3, 0.4) is 0 Å². The molecule has 1 amide bonds. The molecule has 1 atom stereocenters. The Balaban J connectivity index is 2.72. The summed E-state index contributed by atoms with van der Waals surface area (Å²) in [6, 6.07) is 8.23. The normalized spacial score (nSPS) is 12.1. The van der Waals surface area contributed by atoms with Crippen molar-refractivity contribution in [3.63, 3.8) is 0 Å². The van der Waals surface area contributed by atoms with Crippen molar-refractivity contribution in [3.8, 4) is 0 Å². The third kappa shape index (κ3) is 6.30. The van der Waals surface area contributed by atoms with Crippen LogP contribution < -0.4 is 10.6 Å². The van der Waals surface area contributed by atoms with Crippen LogP contribution in [0.2, 0.25) is 0 Å². The van der Waals surface area contributed by atoms with Crippen molar-refractivity contribution in [2.24, 2.45) is 0 Å². The van der Waals surface area contributed by atoms with Gasteiger partial charge < -0.3 is 10.6 Å². The maximum atomic E-state index is 12.5. The van der Waals surface area contributed by atoms with Gasteiger partial charge in [-0.15, -0.1) is 0 Å². The van der Waals surface area contributed by atoms with E-state index in [2.05, 4.69) is 24.5 Å². The van der Waals surface area contributed by atoms with Gasteiger partial charge in [0.25, 0.3) is 5.91 Å². The molecule has 0 aliphatic heterocycles. The first-order valence-electron chi connectivity index (χ1n) is 8.26. The smallest absolute Gasteiger partial charge is 0.251 e. The zero-order chi connectivity index (χ0) is 15.5. The van der Waals surface area contributed by atoms with Gasteiger partial charge >= 0.3 is 0 Å². The van der Waals surface area contributed by atoms with Crippen LogP contribution in [0, 0.1) is 0 Å². The molecule has 0 spiro atoms. The van der Waals surface area contributed by atoms with E-state index in [1.807, 2.05) is 31.3 Å². The van der Waals surface area contributed by atoms with E-state index in [4.69, 9.17) is 0 Å². The van der Waals surface area contributed by atoms with Crippen LogP contribution >= 0.6 is 0 Å². The summed E-state index contributed by atoms with van der Waals surface area (Å²) in [5.41, 5.74) is 1.94. The van der Waals surface area contributed by atoms with Gasteiger partial charge in [0.2, 0.25) is 0 Å². The number of rotatable bonds is 10. The number of hydrogen-bond donors (Lipinski definition) is 2. The van der Waals surface area contributed by atoms with Gasteiger partial charge in [0, 0.05) is 11.6 Å². The standard InChI is InChI=1S/C18H30N2O/c1-4-6-11-16(9-5-2)20-18(21)17-12-8-7-10-15(17)13-14-19-3/h7-8,10,12,16,19H,4-6,9,11,13-14H2,1-3H3,(H,20,21). The van der Waals surface area contributed by atoms with Crippen molar-refractivity contribution < 1.29 is 4.79 Å². The molecule has 0 aromatic heterocycles. The number of likely N-dealkylation sites (N-methyl/N-ethyl adjacent to an activating group) is 1. The second kappa shape index (κ2) is 10.4. The summed E-state index contributed by atoms with van der Waals surface area (Å²) in [6.45, 7) is 5.25. The van der Waals surface area contributed by atoms with Crippen LogP contribution in [0.15, 0.2) is 24.3 Å². The molecule has 1 aromatic carbocycles. The molecule has 0 fully saturated rings. The number of carbonyl (C=O) groups excluding carboxylic acids is 1. The van der Waals surface area contributed by atoms with Crippen LogP contribution in [0.4, 0.5) is 0 Å². The molecule has 1 rings (SSSR count). The molecule has 0 saturated carbocycles. The van der Waals surface area contributed by atoms with Crippen molar-refractivity contribution in [2.45, 2.75) is 58.4 Å². The van der Waals surface area contributed by atoms with Gasteiger partial charge in [0.15, 0.2) is 0 Å². The fraction of sp³-hybridized carbons (Fsp3) is 0.611. The molecule has 3 nitrogen and oxygen atoms in total. The average Bonchev–Trinajstić information content (AvgIpc) is 2.51. The predicted molar refractivity (Wildman–Crippen MR) is 89.8 cm³/mol. The first kappa shape index (κ1) is 17.7. The highest BCUT2D eigenvalue weighted by atomic mass is 16.1. The molecule has 0 aliphatic carbocycles. The second-order valence-electron chi connectivity index (χ2n) is 5.61. The van der Waals surface area contributed by atoms with Crippen LogP contribution in [0.25, 0.3) is 0 Å². The number of unbranched alkanes of at least 4 members (excludes halogenated alkanes) is 1. The zero-order valence-corrected chi connectivity index (χ0v) is 13.7. The van der Waals surface area contributed by atoms with Gasteiger partial charge in [-0.3, -0.25) is 4.79 Å². The lowest BCUT2D eigenvalue weighted by molar-refractivity contribution is 0.0931. The molecular formula is C18H30N2O. The molecule has 0 aliphatic rings. The summed E-state index contributed by atoms with van der Waals surface area (Å²) in [7, 11) is 1.94. The summed E-state index contributed by atoms with van der Waals surface area (Å²) >= 11 is 0. The Bertz CT molecular complexity index is 417. The van der Waals surface area contributed by atoms with Gasteiger partial charge in [0.1, 0.15) is 0 Å². The first-order valence-corrected chi connectivity index (χ1v) is 8.26. The van der Waals surface area contributed by atoms with Gasteiger partial charge in [0.05, 0.1) is 0 Å². The zero-order valence-electron chi connectivity index (χ0n) is 13.7. The molecule has 3 heteroatoms. The van der Waals surface area contributed by atoms with E-state index in [9.17, 15) is 4.79 Å². The van der Waals surface area contributed by atoms with Crippen LogP contribution in [-0.2, 0) is 6.42 Å². The summed E-state index contributed by atoms with van der Waals surface area (Å²) in [6.07, 6.45) is 6.48. The Hall–Kier alpha value is -1.35. The minimum absolute atomic E-state index is 0.0799. The monoisotopic (exact) mass is 290 g/mol. The Morgan fingerprint density at radius 1 is 1.14 bits per heavy atom. The van der Waals surface area contributed by atoms with E-state index in [0.29, 0.717) is 6.04 Å². The number of amides is 1. The first-order chi connectivity index (χ1) is 10.2.